The molecule has 0 N–H and O–H groups in total. The summed E-state index contributed by atoms with van der Waals surface area (Å²) in [5.74, 6) is -0.566. The number of carbonyl (C=O) groups is 1. The number of para-hydroxylation sites is 1. The number of alkyl halides is 3. The van der Waals surface area contributed by atoms with Crippen LogP contribution in [0.3, 0.4) is 0 Å². The highest BCUT2D eigenvalue weighted by Crippen LogP contribution is 2.36. The van der Waals surface area contributed by atoms with Gasteiger partial charge in [0.25, 0.3) is 0 Å². The van der Waals surface area contributed by atoms with Crippen LogP contribution in [0.5, 0.6) is 5.75 Å². The van der Waals surface area contributed by atoms with Crippen molar-refractivity contribution in [3.05, 3.63) is 45.4 Å². The Morgan fingerprint density at radius 2 is 1.91 bits per heavy atom. The van der Waals surface area contributed by atoms with Gasteiger partial charge in [-0.15, -0.1) is 0 Å². The van der Waals surface area contributed by atoms with Crippen molar-refractivity contribution in [2.24, 2.45) is 0 Å². The number of halogens is 4. The van der Waals surface area contributed by atoms with Crippen LogP contribution in [0.25, 0.3) is 0 Å². The van der Waals surface area contributed by atoms with E-state index in [-0.39, 0.29) is 17.7 Å². The van der Waals surface area contributed by atoms with E-state index < -0.39 is 22.7 Å². The van der Waals surface area contributed by atoms with Gasteiger partial charge in [0.1, 0.15) is 23.8 Å². The van der Waals surface area contributed by atoms with E-state index in [1.54, 1.807) is 30.3 Å². The second kappa shape index (κ2) is 6.97. The minimum Gasteiger partial charge on any atom is -0.490 e. The molecule has 0 amide bonds. The van der Waals surface area contributed by atoms with Crippen molar-refractivity contribution < 1.29 is 27.4 Å². The minimum absolute atomic E-state index is 0.0175. The summed E-state index contributed by atoms with van der Waals surface area (Å²) in [6.07, 6.45) is -4.77. The molecule has 1 aromatic heterocycles. The molecule has 1 heterocycles. The van der Waals surface area contributed by atoms with Gasteiger partial charge in [-0.05, 0) is 12.1 Å². The van der Waals surface area contributed by atoms with Gasteiger partial charge in [-0.3, -0.25) is 0 Å². The maximum Gasteiger partial charge on any atom is 0.435 e. The molecule has 118 valence electrons. The predicted octanol–water partition coefficient (Wildman–Crippen LogP) is 4.05. The number of thiazole rings is 1. The summed E-state index contributed by atoms with van der Waals surface area (Å²) in [5, 5.41) is 0. The SMILES string of the molecule is O=C(OCCOc1ccccc1)c1sc(Cl)nc1C(F)(F)F. The number of rotatable bonds is 5. The lowest BCUT2D eigenvalue weighted by Gasteiger charge is -2.08. The Labute approximate surface area is 132 Å². The first kappa shape index (κ1) is 16.6. The Kier molecular flexibility index (Phi) is 5.25. The highest BCUT2D eigenvalue weighted by Gasteiger charge is 2.40. The van der Waals surface area contributed by atoms with E-state index in [4.69, 9.17) is 21.1 Å². The number of carbonyl (C=O) groups excluding carboxylic acids is 1. The van der Waals surface area contributed by atoms with Crippen molar-refractivity contribution in [3.8, 4) is 5.75 Å². The summed E-state index contributed by atoms with van der Waals surface area (Å²) in [7, 11) is 0. The number of hydrogen-bond donors (Lipinski definition) is 0. The van der Waals surface area contributed by atoms with Gasteiger partial charge >= 0.3 is 12.1 Å². The Balaban J connectivity index is 1.90. The number of hydrogen-bond acceptors (Lipinski definition) is 5. The Morgan fingerprint density at radius 1 is 1.23 bits per heavy atom. The quantitative estimate of drug-likeness (QED) is 0.602. The molecule has 2 rings (SSSR count). The minimum atomic E-state index is -4.77. The third-order valence-electron chi connectivity index (χ3n) is 2.38. The molecule has 0 bridgehead atoms. The standard InChI is InChI=1S/C13H9ClF3NO3S/c14-12-18-10(13(15,16)17)9(22-12)11(19)21-7-6-20-8-4-2-1-3-5-8/h1-5H,6-7H2. The van der Waals surface area contributed by atoms with Crippen molar-refractivity contribution in [1.82, 2.24) is 4.98 Å². The van der Waals surface area contributed by atoms with E-state index in [1.165, 1.54) is 0 Å². The highest BCUT2D eigenvalue weighted by atomic mass is 35.5. The third-order valence-corrected chi connectivity index (χ3v) is 3.52. The fraction of sp³-hybridized carbons (Fsp3) is 0.231. The van der Waals surface area contributed by atoms with Crippen LogP contribution in [0.2, 0.25) is 4.47 Å². The summed E-state index contributed by atoms with van der Waals surface area (Å²) in [6.45, 7) is -0.176. The first-order valence-electron chi connectivity index (χ1n) is 5.96. The normalized spacial score (nSPS) is 11.3. The molecule has 4 nitrogen and oxygen atoms in total. The monoisotopic (exact) mass is 351 g/mol. The number of nitrogens with zero attached hydrogens (tertiary/aromatic N) is 1. The first-order valence-corrected chi connectivity index (χ1v) is 7.16. The Bertz CT molecular complexity index is 646. The molecule has 0 aliphatic rings. The molecule has 1 aromatic carbocycles. The maximum atomic E-state index is 12.7. The van der Waals surface area contributed by atoms with Gasteiger partial charge in [0.15, 0.2) is 10.2 Å². The van der Waals surface area contributed by atoms with Crippen LogP contribution in [0.15, 0.2) is 30.3 Å². The van der Waals surface area contributed by atoms with Gasteiger partial charge in [0, 0.05) is 0 Å². The van der Waals surface area contributed by atoms with Crippen molar-refractivity contribution in [3.63, 3.8) is 0 Å². The summed E-state index contributed by atoms with van der Waals surface area (Å²) in [6, 6.07) is 8.73. The zero-order valence-electron chi connectivity index (χ0n) is 10.9. The van der Waals surface area contributed by atoms with Crippen molar-refractivity contribution >= 4 is 28.9 Å². The lowest BCUT2D eigenvalue weighted by atomic mass is 10.3. The third kappa shape index (κ3) is 4.35. The number of benzene rings is 1. The van der Waals surface area contributed by atoms with E-state index in [1.807, 2.05) is 0 Å². The fourth-order valence-corrected chi connectivity index (χ4v) is 2.52. The molecule has 0 saturated heterocycles. The van der Waals surface area contributed by atoms with E-state index in [9.17, 15) is 18.0 Å². The molecule has 9 heteroatoms. The lowest BCUT2D eigenvalue weighted by molar-refractivity contribution is -0.141. The van der Waals surface area contributed by atoms with Gasteiger partial charge in [-0.25, -0.2) is 9.78 Å². The zero-order chi connectivity index (χ0) is 16.2. The second-order valence-corrected chi connectivity index (χ2v) is 5.52. The summed E-state index contributed by atoms with van der Waals surface area (Å²) >= 11 is 5.85. The van der Waals surface area contributed by atoms with E-state index in [0.717, 1.165) is 0 Å². The van der Waals surface area contributed by atoms with Crippen LogP contribution in [0.1, 0.15) is 15.4 Å². The molecule has 0 unspecified atom stereocenters. The first-order chi connectivity index (χ1) is 10.4. The predicted molar refractivity (Wildman–Crippen MR) is 74.3 cm³/mol. The van der Waals surface area contributed by atoms with E-state index in [2.05, 4.69) is 4.98 Å². The highest BCUT2D eigenvalue weighted by molar-refractivity contribution is 7.17. The molecule has 2 aromatic rings. The average Bonchev–Trinajstić information content (AvgIpc) is 2.87. The second-order valence-electron chi connectivity index (χ2n) is 3.94. The molecule has 0 atom stereocenters. The van der Waals surface area contributed by atoms with Crippen LogP contribution in [-0.4, -0.2) is 24.2 Å². The molecule has 0 aliphatic carbocycles. The van der Waals surface area contributed by atoms with Crippen LogP contribution < -0.4 is 4.74 Å². The molecule has 0 spiro atoms. The molecule has 0 fully saturated rings. The molecule has 22 heavy (non-hydrogen) atoms. The summed E-state index contributed by atoms with van der Waals surface area (Å²) in [4.78, 5) is 14.1. The largest absolute Gasteiger partial charge is 0.490 e. The Hall–Kier alpha value is -1.80. The van der Waals surface area contributed by atoms with Gasteiger partial charge in [-0.1, -0.05) is 41.1 Å². The lowest BCUT2D eigenvalue weighted by Crippen LogP contribution is -2.16. The van der Waals surface area contributed by atoms with Crippen LogP contribution >= 0.6 is 22.9 Å². The summed E-state index contributed by atoms with van der Waals surface area (Å²) in [5.41, 5.74) is -1.34. The number of esters is 1. The van der Waals surface area contributed by atoms with E-state index in [0.29, 0.717) is 17.1 Å². The molecule has 0 aliphatic heterocycles. The average molecular weight is 352 g/mol. The van der Waals surface area contributed by atoms with Crippen molar-refractivity contribution in [2.45, 2.75) is 6.18 Å². The number of ether oxygens (including phenoxy) is 2. The summed E-state index contributed by atoms with van der Waals surface area (Å²) < 4.78 is 47.7. The van der Waals surface area contributed by atoms with Gasteiger partial charge in [0.2, 0.25) is 0 Å². The molecular formula is C13H9ClF3NO3S. The van der Waals surface area contributed by atoms with Crippen molar-refractivity contribution in [1.29, 1.82) is 0 Å². The molecule has 0 radical (unpaired) electrons. The topological polar surface area (TPSA) is 48.4 Å². The fourth-order valence-electron chi connectivity index (χ4n) is 1.50. The number of aromatic nitrogens is 1. The van der Waals surface area contributed by atoms with E-state index >= 15 is 0 Å². The smallest absolute Gasteiger partial charge is 0.435 e. The van der Waals surface area contributed by atoms with Gasteiger partial charge in [-0.2, -0.15) is 13.2 Å². The van der Waals surface area contributed by atoms with Gasteiger partial charge in [0.05, 0.1) is 0 Å². The van der Waals surface area contributed by atoms with Crippen LogP contribution in [-0.2, 0) is 10.9 Å². The van der Waals surface area contributed by atoms with Crippen LogP contribution in [0.4, 0.5) is 13.2 Å². The Morgan fingerprint density at radius 3 is 2.55 bits per heavy atom. The van der Waals surface area contributed by atoms with Crippen molar-refractivity contribution in [2.75, 3.05) is 13.2 Å². The maximum absolute atomic E-state index is 12.7. The zero-order valence-corrected chi connectivity index (χ0v) is 12.5. The molecular weight excluding hydrogens is 343 g/mol. The van der Waals surface area contributed by atoms with Crippen LogP contribution in [0, 0.1) is 0 Å². The van der Waals surface area contributed by atoms with Gasteiger partial charge < -0.3 is 9.47 Å². The molecule has 0 saturated carbocycles.